The zero-order chi connectivity index (χ0) is 18.5. The predicted molar refractivity (Wildman–Crippen MR) is 92.7 cm³/mol. The van der Waals surface area contributed by atoms with Gasteiger partial charge < -0.3 is 9.15 Å². The van der Waals surface area contributed by atoms with Crippen molar-refractivity contribution in [1.29, 1.82) is 0 Å². The van der Waals surface area contributed by atoms with Gasteiger partial charge in [-0.15, -0.1) is 0 Å². The third-order valence-electron chi connectivity index (χ3n) is 3.81. The van der Waals surface area contributed by atoms with Crippen molar-refractivity contribution < 1.29 is 23.1 Å². The van der Waals surface area contributed by atoms with Crippen LogP contribution in [0.3, 0.4) is 0 Å². The Morgan fingerprint density at radius 3 is 2.54 bits per heavy atom. The van der Waals surface area contributed by atoms with Crippen molar-refractivity contribution in [2.75, 3.05) is 6.61 Å². The molecule has 132 valence electrons. The molecule has 0 N–H and O–H groups in total. The van der Waals surface area contributed by atoms with Crippen LogP contribution in [0.5, 0.6) is 0 Å². The van der Waals surface area contributed by atoms with Crippen molar-refractivity contribution in [1.82, 2.24) is 0 Å². The molecule has 0 bridgehead atoms. The minimum absolute atomic E-state index is 0.0158. The van der Waals surface area contributed by atoms with Crippen molar-refractivity contribution in [3.63, 3.8) is 0 Å². The molecule has 5 nitrogen and oxygen atoms in total. The average molecular weight is 354 g/mol. The average Bonchev–Trinajstić information content (AvgIpc) is 2.64. The Hall–Kier alpha value is -3.28. The molecule has 3 rings (SSSR count). The molecule has 0 atom stereocenters. The molecule has 1 aromatic heterocycles. The van der Waals surface area contributed by atoms with E-state index in [1.54, 1.807) is 24.3 Å². The number of hydrogen-bond acceptors (Lipinski definition) is 5. The molecule has 0 aliphatic heterocycles. The number of ketones is 1. The van der Waals surface area contributed by atoms with Gasteiger partial charge in [0.2, 0.25) is 0 Å². The Morgan fingerprint density at radius 1 is 1.04 bits per heavy atom. The zero-order valence-corrected chi connectivity index (χ0v) is 13.7. The van der Waals surface area contributed by atoms with Gasteiger partial charge in [0.1, 0.15) is 17.0 Å². The zero-order valence-electron chi connectivity index (χ0n) is 13.7. The van der Waals surface area contributed by atoms with E-state index in [-0.39, 0.29) is 24.4 Å². The highest BCUT2D eigenvalue weighted by Crippen LogP contribution is 2.13. The molecule has 0 aliphatic carbocycles. The second-order valence-electron chi connectivity index (χ2n) is 5.65. The van der Waals surface area contributed by atoms with Crippen LogP contribution in [0, 0.1) is 5.82 Å². The molecule has 1 heterocycles. The van der Waals surface area contributed by atoms with E-state index in [9.17, 15) is 18.8 Å². The first-order valence-electron chi connectivity index (χ1n) is 8.03. The topological polar surface area (TPSA) is 73.6 Å². The SMILES string of the molecule is O=C(CCCOC(=O)c1cc2ccccc2oc1=O)c1ccc(F)cc1. The molecule has 2 aromatic carbocycles. The summed E-state index contributed by atoms with van der Waals surface area (Å²) in [5.41, 5.74) is -0.170. The highest BCUT2D eigenvalue weighted by molar-refractivity contribution is 5.96. The maximum Gasteiger partial charge on any atom is 0.351 e. The Bertz CT molecular complexity index is 1000. The molecule has 0 radical (unpaired) electrons. The summed E-state index contributed by atoms with van der Waals surface area (Å²) in [6, 6.07) is 13.5. The first-order chi connectivity index (χ1) is 12.5. The lowest BCUT2D eigenvalue weighted by molar-refractivity contribution is 0.0489. The minimum atomic E-state index is -0.793. The van der Waals surface area contributed by atoms with Crippen LogP contribution in [0.2, 0.25) is 0 Å². The standard InChI is InChI=1S/C20H15FO5/c21-15-9-7-13(8-10-15)17(22)5-3-11-25-19(23)16-12-14-4-1-2-6-18(14)26-20(16)24/h1-2,4,6-10,12H,3,5,11H2. The van der Waals surface area contributed by atoms with Gasteiger partial charge in [-0.3, -0.25) is 4.79 Å². The summed E-state index contributed by atoms with van der Waals surface area (Å²) in [6.07, 6.45) is 0.437. The van der Waals surface area contributed by atoms with Gasteiger partial charge in [-0.05, 0) is 42.8 Å². The van der Waals surface area contributed by atoms with Crippen molar-refractivity contribution in [3.05, 3.63) is 82.0 Å². The van der Waals surface area contributed by atoms with Gasteiger partial charge in [-0.1, -0.05) is 18.2 Å². The summed E-state index contributed by atoms with van der Waals surface area (Å²) in [4.78, 5) is 35.9. The highest BCUT2D eigenvalue weighted by atomic mass is 19.1. The lowest BCUT2D eigenvalue weighted by Crippen LogP contribution is -2.17. The molecule has 0 spiro atoms. The lowest BCUT2D eigenvalue weighted by atomic mass is 10.1. The van der Waals surface area contributed by atoms with Crippen LogP contribution < -0.4 is 5.63 Å². The van der Waals surface area contributed by atoms with E-state index in [0.717, 1.165) is 0 Å². The molecule has 26 heavy (non-hydrogen) atoms. The van der Waals surface area contributed by atoms with E-state index in [4.69, 9.17) is 9.15 Å². The Kier molecular flexibility index (Phi) is 5.22. The number of carbonyl (C=O) groups excluding carboxylic acids is 2. The maximum atomic E-state index is 12.8. The molecule has 0 saturated heterocycles. The second-order valence-corrected chi connectivity index (χ2v) is 5.65. The number of hydrogen-bond donors (Lipinski definition) is 0. The Balaban J connectivity index is 1.56. The number of benzene rings is 2. The summed E-state index contributed by atoms with van der Waals surface area (Å²) in [6.45, 7) is -0.0158. The quantitative estimate of drug-likeness (QED) is 0.292. The number of para-hydroxylation sites is 1. The number of ether oxygens (including phenoxy) is 1. The van der Waals surface area contributed by atoms with Crippen LogP contribution in [0.4, 0.5) is 4.39 Å². The van der Waals surface area contributed by atoms with E-state index in [2.05, 4.69) is 0 Å². The highest BCUT2D eigenvalue weighted by Gasteiger charge is 2.15. The number of carbonyl (C=O) groups is 2. The van der Waals surface area contributed by atoms with E-state index in [0.29, 0.717) is 23.0 Å². The number of Topliss-reactive ketones (excluding diaryl/α,β-unsaturated/α-hetero) is 1. The van der Waals surface area contributed by atoms with E-state index in [1.807, 2.05) is 0 Å². The normalized spacial score (nSPS) is 10.7. The summed E-state index contributed by atoms with van der Waals surface area (Å²) >= 11 is 0. The molecule has 0 aliphatic rings. The molecular weight excluding hydrogens is 339 g/mol. The largest absolute Gasteiger partial charge is 0.462 e. The predicted octanol–water partition coefficient (Wildman–Crippen LogP) is 3.75. The van der Waals surface area contributed by atoms with Crippen LogP contribution in [0.15, 0.2) is 63.8 Å². The van der Waals surface area contributed by atoms with Gasteiger partial charge in [-0.25, -0.2) is 14.0 Å². The first-order valence-corrected chi connectivity index (χ1v) is 8.03. The Morgan fingerprint density at radius 2 is 1.77 bits per heavy atom. The summed E-state index contributed by atoms with van der Waals surface area (Å²) < 4.78 is 23.0. The molecule has 0 amide bonds. The first kappa shape index (κ1) is 17.5. The van der Waals surface area contributed by atoms with E-state index < -0.39 is 17.4 Å². The van der Waals surface area contributed by atoms with Gasteiger partial charge in [0.15, 0.2) is 5.78 Å². The molecule has 0 fully saturated rings. The van der Waals surface area contributed by atoms with Crippen LogP contribution in [-0.4, -0.2) is 18.4 Å². The molecule has 0 saturated carbocycles. The van der Waals surface area contributed by atoms with Gasteiger partial charge in [0.05, 0.1) is 6.61 Å². The minimum Gasteiger partial charge on any atom is -0.462 e. The van der Waals surface area contributed by atoms with Crippen molar-refractivity contribution >= 4 is 22.7 Å². The van der Waals surface area contributed by atoms with Crippen molar-refractivity contribution in [3.8, 4) is 0 Å². The second kappa shape index (κ2) is 7.74. The number of rotatable bonds is 6. The van der Waals surface area contributed by atoms with Gasteiger partial charge >= 0.3 is 11.6 Å². The monoisotopic (exact) mass is 354 g/mol. The van der Waals surface area contributed by atoms with Gasteiger partial charge in [0.25, 0.3) is 0 Å². The number of esters is 1. The van der Waals surface area contributed by atoms with Crippen molar-refractivity contribution in [2.45, 2.75) is 12.8 Å². The molecule has 6 heteroatoms. The van der Waals surface area contributed by atoms with Gasteiger partial charge in [0, 0.05) is 17.4 Å². The lowest BCUT2D eigenvalue weighted by Gasteiger charge is -2.05. The third-order valence-corrected chi connectivity index (χ3v) is 3.81. The molecular formula is C20H15FO5. The van der Waals surface area contributed by atoms with Crippen molar-refractivity contribution in [2.24, 2.45) is 0 Å². The fourth-order valence-corrected chi connectivity index (χ4v) is 2.46. The fraction of sp³-hybridized carbons (Fsp3) is 0.150. The molecule has 0 unspecified atom stereocenters. The third kappa shape index (κ3) is 4.03. The summed E-state index contributed by atoms with van der Waals surface area (Å²) in [7, 11) is 0. The van der Waals surface area contributed by atoms with Gasteiger partial charge in [-0.2, -0.15) is 0 Å². The number of fused-ring (bicyclic) bond motifs is 1. The number of halogens is 1. The molecule has 3 aromatic rings. The van der Waals surface area contributed by atoms with Crippen LogP contribution in [-0.2, 0) is 4.74 Å². The van der Waals surface area contributed by atoms with Crippen LogP contribution in [0.25, 0.3) is 11.0 Å². The summed E-state index contributed by atoms with van der Waals surface area (Å²) in [5.74, 6) is -1.38. The Labute approximate surface area is 148 Å². The maximum absolute atomic E-state index is 12.8. The smallest absolute Gasteiger partial charge is 0.351 e. The van der Waals surface area contributed by atoms with Crippen LogP contribution in [0.1, 0.15) is 33.6 Å². The van der Waals surface area contributed by atoms with Crippen LogP contribution >= 0.6 is 0 Å². The van der Waals surface area contributed by atoms with E-state index >= 15 is 0 Å². The fourth-order valence-electron chi connectivity index (χ4n) is 2.46. The summed E-state index contributed by atoms with van der Waals surface area (Å²) in [5, 5.41) is 0.616. The van der Waals surface area contributed by atoms with E-state index in [1.165, 1.54) is 30.3 Å².